The van der Waals surface area contributed by atoms with Crippen LogP contribution in [0, 0.1) is 0 Å². The van der Waals surface area contributed by atoms with Crippen LogP contribution in [0.2, 0.25) is 0 Å². The third-order valence-corrected chi connectivity index (χ3v) is 10.2. The van der Waals surface area contributed by atoms with Crippen LogP contribution in [0.5, 0.6) is 0 Å². The Morgan fingerprint density at radius 3 is 1.62 bits per heavy atom. The van der Waals surface area contributed by atoms with Crippen LogP contribution in [0.15, 0.2) is 0 Å². The van der Waals surface area contributed by atoms with E-state index in [1.807, 2.05) is 6.92 Å². The monoisotopic (exact) mass is 718 g/mol. The van der Waals surface area contributed by atoms with E-state index in [1.165, 1.54) is 70.6 Å². The molecule has 1 aliphatic heterocycles. The molecular weight excluding hydrogens is 655 g/mol. The topological polar surface area (TPSA) is 245 Å². The highest BCUT2D eigenvalue weighted by Gasteiger charge is 2.55. The third kappa shape index (κ3) is 14.4. The number of rotatable bonds is 25. The molecule has 0 aromatic rings. The number of aliphatic hydroxyl groups excluding tert-OH is 8. The summed E-state index contributed by atoms with van der Waals surface area (Å²) in [5.41, 5.74) is 0. The van der Waals surface area contributed by atoms with Gasteiger partial charge in [0.05, 0.1) is 19.3 Å². The zero-order valence-electron chi connectivity index (χ0n) is 28.6. The molecule has 1 aliphatic carbocycles. The molecule has 286 valence electrons. The van der Waals surface area contributed by atoms with Crippen molar-refractivity contribution in [3.05, 3.63) is 0 Å². The molecule has 13 atom stereocenters. The highest BCUT2D eigenvalue weighted by atomic mass is 31.2. The minimum atomic E-state index is -5.02. The molecule has 16 heteroatoms. The molecule has 0 aromatic carbocycles. The Bertz CT molecular complexity index is 884. The van der Waals surface area contributed by atoms with Crippen LogP contribution >= 0.6 is 7.82 Å². The van der Waals surface area contributed by atoms with E-state index < -0.39 is 87.9 Å². The van der Waals surface area contributed by atoms with Gasteiger partial charge in [-0.25, -0.2) is 4.57 Å². The molecule has 0 amide bonds. The highest BCUT2D eigenvalue weighted by Crippen LogP contribution is 2.48. The number of phosphoric acid groups is 1. The maximum Gasteiger partial charge on any atom is 0.472 e. The fourth-order valence-electron chi connectivity index (χ4n) is 5.99. The number of aliphatic hydroxyl groups is 8. The van der Waals surface area contributed by atoms with E-state index in [-0.39, 0.29) is 6.61 Å². The molecule has 1 saturated carbocycles. The van der Waals surface area contributed by atoms with Gasteiger partial charge < -0.3 is 60.0 Å². The molecule has 0 radical (unpaired) electrons. The van der Waals surface area contributed by atoms with E-state index in [0.717, 1.165) is 19.3 Å². The normalized spacial score (nSPS) is 34.6. The number of phosphoric ester groups is 1. The van der Waals surface area contributed by atoms with Gasteiger partial charge in [0.25, 0.3) is 0 Å². The van der Waals surface area contributed by atoms with E-state index in [2.05, 4.69) is 6.92 Å². The second-order valence-corrected chi connectivity index (χ2v) is 14.5. The number of hydrogen-bond acceptors (Lipinski definition) is 14. The van der Waals surface area contributed by atoms with E-state index >= 15 is 0 Å². The van der Waals surface area contributed by atoms with Gasteiger partial charge in [-0.15, -0.1) is 0 Å². The zero-order valence-corrected chi connectivity index (χ0v) is 29.5. The standard InChI is InChI=1S/C32H63O15P/c1-3-5-6-7-8-9-10-11-12-13-14-15-16-17-18-43-21(4-2)20-44-48(41,42)47-31-28(39)26(37)25(36)27(38)30(31)46-32-29(40)24(35)23(34)22(19-33)45-32/h21-40H,3-20H2,1-2H3,(H,41,42)/t21-,22?,23-,24+,25+,26+,27?,28?,29?,30?,31+,32-/m1/s1. The quantitative estimate of drug-likeness (QED) is 0.0479. The summed E-state index contributed by atoms with van der Waals surface area (Å²) in [6.07, 6.45) is -3.71. The number of unbranched alkanes of at least 4 members (excludes halogenated alkanes) is 13. The Morgan fingerprint density at radius 2 is 1.12 bits per heavy atom. The van der Waals surface area contributed by atoms with Crippen molar-refractivity contribution < 1.29 is 73.6 Å². The Labute approximate surface area is 284 Å². The second kappa shape index (κ2) is 23.3. The average molecular weight is 719 g/mol. The largest absolute Gasteiger partial charge is 0.472 e. The van der Waals surface area contributed by atoms with Gasteiger partial charge in [-0.1, -0.05) is 97.3 Å². The van der Waals surface area contributed by atoms with Gasteiger partial charge in [0.15, 0.2) is 6.29 Å². The molecule has 48 heavy (non-hydrogen) atoms. The number of hydrogen-bond donors (Lipinski definition) is 9. The average Bonchev–Trinajstić information content (AvgIpc) is 3.07. The van der Waals surface area contributed by atoms with E-state index in [1.54, 1.807) is 0 Å². The van der Waals surface area contributed by atoms with Crippen LogP contribution in [0.25, 0.3) is 0 Å². The summed E-state index contributed by atoms with van der Waals surface area (Å²) in [5.74, 6) is 0. The van der Waals surface area contributed by atoms with Gasteiger partial charge in [0, 0.05) is 6.61 Å². The van der Waals surface area contributed by atoms with Crippen LogP contribution in [-0.4, -0.2) is 139 Å². The van der Waals surface area contributed by atoms with Crippen LogP contribution in [0.3, 0.4) is 0 Å². The van der Waals surface area contributed by atoms with Gasteiger partial charge in [-0.05, 0) is 12.8 Å². The van der Waals surface area contributed by atoms with Crippen molar-refractivity contribution in [3.8, 4) is 0 Å². The molecule has 15 nitrogen and oxygen atoms in total. The minimum Gasteiger partial charge on any atom is -0.394 e. The van der Waals surface area contributed by atoms with Crippen molar-refractivity contribution in [1.29, 1.82) is 0 Å². The van der Waals surface area contributed by atoms with E-state index in [4.69, 9.17) is 23.3 Å². The first kappa shape index (κ1) is 43.8. The van der Waals surface area contributed by atoms with Crippen molar-refractivity contribution in [3.63, 3.8) is 0 Å². The van der Waals surface area contributed by atoms with Gasteiger partial charge in [-0.3, -0.25) is 9.05 Å². The molecule has 6 unspecified atom stereocenters. The molecule has 0 bridgehead atoms. The van der Waals surface area contributed by atoms with Gasteiger partial charge in [0.1, 0.15) is 61.0 Å². The summed E-state index contributed by atoms with van der Waals surface area (Å²) in [5, 5.41) is 81.5. The lowest BCUT2D eigenvalue weighted by molar-refractivity contribution is -0.338. The molecule has 1 saturated heterocycles. The summed E-state index contributed by atoms with van der Waals surface area (Å²) >= 11 is 0. The molecule has 2 rings (SSSR count). The minimum absolute atomic E-state index is 0.350. The van der Waals surface area contributed by atoms with Crippen molar-refractivity contribution in [1.82, 2.24) is 0 Å². The summed E-state index contributed by atoms with van der Waals surface area (Å²) in [7, 11) is -5.02. The van der Waals surface area contributed by atoms with Gasteiger partial charge >= 0.3 is 7.82 Å². The van der Waals surface area contributed by atoms with Crippen LogP contribution < -0.4 is 0 Å². The molecule has 2 fully saturated rings. The molecule has 1 heterocycles. The first-order valence-corrected chi connectivity index (χ1v) is 19.3. The van der Waals surface area contributed by atoms with Crippen molar-refractivity contribution in [2.24, 2.45) is 0 Å². The third-order valence-electron chi connectivity index (χ3n) is 9.17. The number of ether oxygens (including phenoxy) is 3. The summed E-state index contributed by atoms with van der Waals surface area (Å²) in [4.78, 5) is 10.5. The molecule has 0 spiro atoms. The predicted octanol–water partition coefficient (Wildman–Crippen LogP) is 1.41. The molecule has 0 aromatic heterocycles. The van der Waals surface area contributed by atoms with Crippen molar-refractivity contribution >= 4 is 7.82 Å². The fourth-order valence-corrected chi connectivity index (χ4v) is 6.96. The first-order valence-electron chi connectivity index (χ1n) is 17.8. The van der Waals surface area contributed by atoms with Crippen molar-refractivity contribution in [2.75, 3.05) is 19.8 Å². The predicted molar refractivity (Wildman–Crippen MR) is 174 cm³/mol. The Kier molecular flexibility index (Phi) is 21.3. The van der Waals surface area contributed by atoms with Crippen LogP contribution in [0.4, 0.5) is 0 Å². The lowest BCUT2D eigenvalue weighted by Crippen LogP contribution is -2.67. The fraction of sp³-hybridized carbons (Fsp3) is 1.00. The van der Waals surface area contributed by atoms with Gasteiger partial charge in [-0.2, -0.15) is 0 Å². The SMILES string of the molecule is CCCCCCCCCCCCCCCCO[C@H](CC)COP(=O)(O)O[C@@H]1C(O[C@H]2OC(CO)[C@@H](O)[C@H](O)C2O)C(O)[C@@H](O)[C@H](O)C1O. The summed E-state index contributed by atoms with van der Waals surface area (Å²) < 4.78 is 39.7. The van der Waals surface area contributed by atoms with Crippen LogP contribution in [0.1, 0.15) is 110 Å². The molecule has 9 N–H and O–H groups in total. The zero-order chi connectivity index (χ0) is 35.7. The smallest absolute Gasteiger partial charge is 0.394 e. The Balaban J connectivity index is 1.77. The lowest BCUT2D eigenvalue weighted by Gasteiger charge is -2.47. The second-order valence-electron chi connectivity index (χ2n) is 13.1. The first-order chi connectivity index (χ1) is 22.9. The maximum atomic E-state index is 12.9. The maximum absolute atomic E-state index is 12.9. The summed E-state index contributed by atoms with van der Waals surface area (Å²) in [6.45, 7) is 3.34. The summed E-state index contributed by atoms with van der Waals surface area (Å²) in [6, 6.07) is 0. The van der Waals surface area contributed by atoms with E-state index in [9.17, 15) is 50.3 Å². The Morgan fingerprint density at radius 1 is 0.646 bits per heavy atom. The highest BCUT2D eigenvalue weighted by molar-refractivity contribution is 7.47. The van der Waals surface area contributed by atoms with E-state index in [0.29, 0.717) is 13.0 Å². The van der Waals surface area contributed by atoms with Crippen molar-refractivity contribution in [2.45, 2.75) is 184 Å². The van der Waals surface area contributed by atoms with Crippen LogP contribution in [-0.2, 0) is 27.8 Å². The van der Waals surface area contributed by atoms with Gasteiger partial charge in [0.2, 0.25) is 0 Å². The molecule has 2 aliphatic rings. The lowest BCUT2D eigenvalue weighted by atomic mass is 9.84. The Hall–Kier alpha value is -0.330. The molecular formula is C32H63O15P.